The quantitative estimate of drug-likeness (QED) is 0.845. The zero-order chi connectivity index (χ0) is 18.6. The average Bonchev–Trinajstić information content (AvgIpc) is 2.55. The maximum Gasteiger partial charge on any atom is 0.258 e. The van der Waals surface area contributed by atoms with E-state index in [1.54, 1.807) is 0 Å². The first-order chi connectivity index (χ1) is 11.7. The maximum atomic E-state index is 12.2. The van der Waals surface area contributed by atoms with Crippen LogP contribution in [0.3, 0.4) is 0 Å². The Labute approximate surface area is 151 Å². The van der Waals surface area contributed by atoms with Gasteiger partial charge in [0.05, 0.1) is 6.04 Å². The highest BCUT2D eigenvalue weighted by Crippen LogP contribution is 2.24. The lowest BCUT2D eigenvalue weighted by atomic mass is 9.86. The molecule has 0 bridgehead atoms. The molecule has 0 aromatic heterocycles. The van der Waals surface area contributed by atoms with E-state index in [1.165, 1.54) is 5.56 Å². The van der Waals surface area contributed by atoms with Crippen molar-refractivity contribution in [1.82, 2.24) is 5.32 Å². The summed E-state index contributed by atoms with van der Waals surface area (Å²) in [6.45, 7) is 12.6. The minimum Gasteiger partial charge on any atom is -0.483 e. The molecule has 0 saturated heterocycles. The van der Waals surface area contributed by atoms with Gasteiger partial charge in [0.2, 0.25) is 0 Å². The molecule has 0 aliphatic rings. The molecule has 1 N–H and O–H groups in total. The minimum absolute atomic E-state index is 0.0225. The second kappa shape index (κ2) is 7.73. The molecule has 1 amide bonds. The summed E-state index contributed by atoms with van der Waals surface area (Å²) in [5.41, 5.74) is 4.66. The molecule has 3 heteroatoms. The van der Waals surface area contributed by atoms with Crippen molar-refractivity contribution in [3.05, 3.63) is 64.7 Å². The summed E-state index contributed by atoms with van der Waals surface area (Å²) in [5.74, 6) is 0.644. The van der Waals surface area contributed by atoms with Crippen LogP contribution in [0.4, 0.5) is 0 Å². The molecule has 134 valence electrons. The van der Waals surface area contributed by atoms with E-state index in [4.69, 9.17) is 4.74 Å². The number of hydrogen-bond donors (Lipinski definition) is 1. The zero-order valence-corrected chi connectivity index (χ0v) is 16.1. The van der Waals surface area contributed by atoms with Crippen molar-refractivity contribution >= 4 is 5.91 Å². The number of carbonyl (C=O) groups is 1. The fourth-order valence-electron chi connectivity index (χ4n) is 2.64. The van der Waals surface area contributed by atoms with Gasteiger partial charge < -0.3 is 10.1 Å². The minimum atomic E-state index is -0.117. The van der Waals surface area contributed by atoms with Gasteiger partial charge in [-0.15, -0.1) is 0 Å². The van der Waals surface area contributed by atoms with Gasteiger partial charge in [0.1, 0.15) is 5.75 Å². The molecule has 0 saturated carbocycles. The van der Waals surface area contributed by atoms with Crippen LogP contribution in [0.25, 0.3) is 0 Å². The normalized spacial score (nSPS) is 12.6. The summed E-state index contributed by atoms with van der Waals surface area (Å²) in [7, 11) is 0. The van der Waals surface area contributed by atoms with Crippen molar-refractivity contribution < 1.29 is 9.53 Å². The van der Waals surface area contributed by atoms with Gasteiger partial charge in [-0.25, -0.2) is 0 Å². The summed E-state index contributed by atoms with van der Waals surface area (Å²) in [6, 6.07) is 14.4. The van der Waals surface area contributed by atoms with Gasteiger partial charge in [-0.1, -0.05) is 57.2 Å². The SMILES string of the molecule is Cc1ccc(C)c(OCC(=O)NC(C)c2ccc(C(C)(C)C)cc2)c1. The van der Waals surface area contributed by atoms with Gasteiger partial charge in [-0.3, -0.25) is 4.79 Å². The molecule has 2 aromatic rings. The number of benzene rings is 2. The Morgan fingerprint density at radius 3 is 2.32 bits per heavy atom. The molecule has 0 aliphatic heterocycles. The molecular formula is C22H29NO2. The lowest BCUT2D eigenvalue weighted by Crippen LogP contribution is -2.31. The lowest BCUT2D eigenvalue weighted by Gasteiger charge is -2.21. The summed E-state index contributed by atoms with van der Waals surface area (Å²) >= 11 is 0. The van der Waals surface area contributed by atoms with E-state index in [1.807, 2.05) is 39.0 Å². The smallest absolute Gasteiger partial charge is 0.258 e. The third kappa shape index (κ3) is 5.35. The first-order valence-electron chi connectivity index (χ1n) is 8.76. The third-order valence-electron chi connectivity index (χ3n) is 4.36. The van der Waals surface area contributed by atoms with Crippen molar-refractivity contribution in [1.29, 1.82) is 0 Å². The second-order valence-electron chi connectivity index (χ2n) is 7.72. The standard InChI is InChI=1S/C22H29NO2/c1-15-7-8-16(2)20(13-15)25-14-21(24)23-17(3)18-9-11-19(12-10-18)22(4,5)6/h7-13,17H,14H2,1-6H3,(H,23,24). The van der Waals surface area contributed by atoms with Crippen LogP contribution in [0.15, 0.2) is 42.5 Å². The highest BCUT2D eigenvalue weighted by atomic mass is 16.5. The Morgan fingerprint density at radius 2 is 1.72 bits per heavy atom. The summed E-state index contributed by atoms with van der Waals surface area (Å²) < 4.78 is 5.67. The predicted molar refractivity (Wildman–Crippen MR) is 103 cm³/mol. The molecule has 0 spiro atoms. The topological polar surface area (TPSA) is 38.3 Å². The van der Waals surface area contributed by atoms with Crippen molar-refractivity contribution in [3.8, 4) is 5.75 Å². The van der Waals surface area contributed by atoms with Gasteiger partial charge in [-0.05, 0) is 54.5 Å². The fourth-order valence-corrected chi connectivity index (χ4v) is 2.64. The predicted octanol–water partition coefficient (Wildman–Crippen LogP) is 4.86. The number of aryl methyl sites for hydroxylation is 2. The van der Waals surface area contributed by atoms with E-state index in [0.29, 0.717) is 0 Å². The summed E-state index contributed by atoms with van der Waals surface area (Å²) in [6.07, 6.45) is 0. The fraction of sp³-hybridized carbons (Fsp3) is 0.409. The molecular weight excluding hydrogens is 310 g/mol. The van der Waals surface area contributed by atoms with Crippen molar-refractivity contribution in [2.75, 3.05) is 6.61 Å². The third-order valence-corrected chi connectivity index (χ3v) is 4.36. The van der Waals surface area contributed by atoms with E-state index in [9.17, 15) is 4.79 Å². The van der Waals surface area contributed by atoms with E-state index in [2.05, 4.69) is 50.4 Å². The Bertz CT molecular complexity index is 727. The van der Waals surface area contributed by atoms with Crippen LogP contribution in [0, 0.1) is 13.8 Å². The molecule has 0 heterocycles. The highest BCUT2D eigenvalue weighted by molar-refractivity contribution is 5.78. The Hall–Kier alpha value is -2.29. The summed E-state index contributed by atoms with van der Waals surface area (Å²) in [4.78, 5) is 12.2. The number of rotatable bonds is 5. The number of carbonyl (C=O) groups excluding carboxylic acids is 1. The summed E-state index contributed by atoms with van der Waals surface area (Å²) in [5, 5.41) is 2.99. The largest absolute Gasteiger partial charge is 0.483 e. The van der Waals surface area contributed by atoms with Gasteiger partial charge in [0.25, 0.3) is 5.91 Å². The molecule has 25 heavy (non-hydrogen) atoms. The Morgan fingerprint density at radius 1 is 1.08 bits per heavy atom. The molecule has 2 aromatic carbocycles. The molecule has 1 unspecified atom stereocenters. The van der Waals surface area contributed by atoms with Crippen LogP contribution in [-0.4, -0.2) is 12.5 Å². The van der Waals surface area contributed by atoms with Crippen LogP contribution >= 0.6 is 0 Å². The van der Waals surface area contributed by atoms with Crippen molar-refractivity contribution in [2.24, 2.45) is 0 Å². The maximum absolute atomic E-state index is 12.2. The van der Waals surface area contributed by atoms with Crippen LogP contribution in [0.1, 0.15) is 56.0 Å². The van der Waals surface area contributed by atoms with Crippen LogP contribution in [0.2, 0.25) is 0 Å². The first-order valence-corrected chi connectivity index (χ1v) is 8.76. The van der Waals surface area contributed by atoms with Gasteiger partial charge >= 0.3 is 0 Å². The number of ether oxygens (including phenoxy) is 1. The molecule has 0 aliphatic carbocycles. The molecule has 1 atom stereocenters. The number of amides is 1. The van der Waals surface area contributed by atoms with Crippen LogP contribution < -0.4 is 10.1 Å². The van der Waals surface area contributed by atoms with Gasteiger partial charge in [-0.2, -0.15) is 0 Å². The van der Waals surface area contributed by atoms with E-state index in [-0.39, 0.29) is 24.0 Å². The van der Waals surface area contributed by atoms with E-state index in [0.717, 1.165) is 22.4 Å². The van der Waals surface area contributed by atoms with Crippen LogP contribution in [0.5, 0.6) is 5.75 Å². The Balaban J connectivity index is 1.92. The van der Waals surface area contributed by atoms with Crippen molar-refractivity contribution in [3.63, 3.8) is 0 Å². The first kappa shape index (κ1) is 19.0. The van der Waals surface area contributed by atoms with Crippen molar-refractivity contribution in [2.45, 2.75) is 53.0 Å². The number of hydrogen-bond acceptors (Lipinski definition) is 2. The van der Waals surface area contributed by atoms with Gasteiger partial charge in [0.15, 0.2) is 6.61 Å². The van der Waals surface area contributed by atoms with E-state index >= 15 is 0 Å². The second-order valence-corrected chi connectivity index (χ2v) is 7.72. The molecule has 0 fully saturated rings. The van der Waals surface area contributed by atoms with E-state index < -0.39 is 0 Å². The lowest BCUT2D eigenvalue weighted by molar-refractivity contribution is -0.123. The van der Waals surface area contributed by atoms with Gasteiger partial charge in [0, 0.05) is 0 Å². The molecule has 0 radical (unpaired) electrons. The molecule has 3 nitrogen and oxygen atoms in total. The zero-order valence-electron chi connectivity index (χ0n) is 16.1. The monoisotopic (exact) mass is 339 g/mol. The Kier molecular flexibility index (Phi) is 5.89. The van der Waals surface area contributed by atoms with Crippen LogP contribution in [-0.2, 0) is 10.2 Å². The molecule has 2 rings (SSSR count). The average molecular weight is 339 g/mol. The highest BCUT2D eigenvalue weighted by Gasteiger charge is 2.15. The number of nitrogens with one attached hydrogen (secondary N) is 1.